The zero-order valence-corrected chi connectivity index (χ0v) is 21.5. The molecule has 2 aliphatic heterocycles. The zero-order chi connectivity index (χ0) is 27.7. The van der Waals surface area contributed by atoms with E-state index in [1.54, 1.807) is 24.0 Å². The number of hydrogen-bond acceptors (Lipinski definition) is 6. The van der Waals surface area contributed by atoms with E-state index in [0.717, 1.165) is 16.8 Å². The van der Waals surface area contributed by atoms with Gasteiger partial charge in [0.2, 0.25) is 5.91 Å². The number of carbonyl (C=O) groups excluding carboxylic acids is 2. The second-order valence-electron chi connectivity index (χ2n) is 9.87. The molecule has 0 unspecified atom stereocenters. The molecule has 3 aromatic rings. The van der Waals surface area contributed by atoms with E-state index in [1.807, 2.05) is 48.5 Å². The topological polar surface area (TPSA) is 124 Å². The molecule has 0 bridgehead atoms. The van der Waals surface area contributed by atoms with Gasteiger partial charge in [-0.15, -0.1) is 0 Å². The van der Waals surface area contributed by atoms with Gasteiger partial charge in [0.15, 0.2) is 5.60 Å². The van der Waals surface area contributed by atoms with E-state index < -0.39 is 22.3 Å². The maximum absolute atomic E-state index is 13.8. The lowest BCUT2D eigenvalue weighted by Gasteiger charge is -2.30. The summed E-state index contributed by atoms with van der Waals surface area (Å²) in [5, 5.41) is 32.4. The van der Waals surface area contributed by atoms with Crippen molar-refractivity contribution in [3.8, 4) is 0 Å². The number of para-hydroxylation sites is 1. The Balaban J connectivity index is 1.52. The number of carbonyl (C=O) groups is 2. The summed E-state index contributed by atoms with van der Waals surface area (Å²) in [6.07, 6.45) is 4.74. The van der Waals surface area contributed by atoms with Crippen LogP contribution in [0, 0.1) is 16.0 Å². The Kier molecular flexibility index (Phi) is 7.03. The molecule has 0 aromatic heterocycles. The van der Waals surface area contributed by atoms with Crippen molar-refractivity contribution >= 4 is 34.6 Å². The van der Waals surface area contributed by atoms with Crippen LogP contribution in [0.3, 0.4) is 0 Å². The lowest BCUT2D eigenvalue weighted by Crippen LogP contribution is -2.44. The van der Waals surface area contributed by atoms with Gasteiger partial charge in [-0.2, -0.15) is 0 Å². The number of amides is 2. The molecule has 2 N–H and O–H groups in total. The van der Waals surface area contributed by atoms with Gasteiger partial charge in [0.05, 0.1) is 22.8 Å². The number of non-ortho nitro benzene ring substituents is 1. The first-order chi connectivity index (χ1) is 18.8. The molecule has 5 rings (SSSR count). The van der Waals surface area contributed by atoms with Crippen molar-refractivity contribution in [3.63, 3.8) is 0 Å². The van der Waals surface area contributed by atoms with Crippen LogP contribution >= 0.6 is 0 Å². The van der Waals surface area contributed by atoms with Crippen LogP contribution in [0.25, 0.3) is 0 Å². The third-order valence-electron chi connectivity index (χ3n) is 7.44. The molecular formula is C30H29N3O6. The summed E-state index contributed by atoms with van der Waals surface area (Å²) in [5.74, 6) is -1.32. The second kappa shape index (κ2) is 10.4. The Hall–Kier alpha value is -4.34. The maximum atomic E-state index is 13.8. The Morgan fingerprint density at radius 1 is 1.05 bits per heavy atom. The normalized spacial score (nSPS) is 19.4. The molecule has 9 nitrogen and oxygen atoms in total. The Morgan fingerprint density at radius 2 is 1.85 bits per heavy atom. The van der Waals surface area contributed by atoms with Crippen molar-refractivity contribution in [1.29, 1.82) is 0 Å². The van der Waals surface area contributed by atoms with Crippen LogP contribution in [0.2, 0.25) is 0 Å². The molecule has 2 aliphatic rings. The van der Waals surface area contributed by atoms with Crippen LogP contribution in [0.5, 0.6) is 0 Å². The molecule has 0 radical (unpaired) electrons. The largest absolute Gasteiger partial charge is 0.396 e. The molecule has 0 saturated carbocycles. The summed E-state index contributed by atoms with van der Waals surface area (Å²) in [4.78, 5) is 40.8. The third kappa shape index (κ3) is 4.60. The van der Waals surface area contributed by atoms with Gasteiger partial charge in [-0.05, 0) is 48.2 Å². The number of fused-ring (bicyclic) bond motifs is 2. The molecule has 3 aromatic carbocycles. The molecule has 0 spiro atoms. The molecule has 0 fully saturated rings. The van der Waals surface area contributed by atoms with Gasteiger partial charge >= 0.3 is 0 Å². The number of anilines is 3. The van der Waals surface area contributed by atoms with E-state index in [2.05, 4.69) is 0 Å². The zero-order valence-electron chi connectivity index (χ0n) is 21.5. The average Bonchev–Trinajstić information content (AvgIpc) is 3.15. The Bertz CT molecular complexity index is 1490. The van der Waals surface area contributed by atoms with Gasteiger partial charge in [0.25, 0.3) is 11.6 Å². The quantitative estimate of drug-likeness (QED) is 0.252. The number of nitro groups is 1. The monoisotopic (exact) mass is 527 g/mol. The molecule has 2 heterocycles. The molecular weight excluding hydrogens is 498 g/mol. The van der Waals surface area contributed by atoms with E-state index >= 15 is 0 Å². The summed E-state index contributed by atoms with van der Waals surface area (Å²) in [6, 6.07) is 19.2. The van der Waals surface area contributed by atoms with Crippen LogP contribution in [0.1, 0.15) is 36.5 Å². The minimum atomic E-state index is -2.02. The highest BCUT2D eigenvalue weighted by Gasteiger charge is 2.53. The Morgan fingerprint density at radius 3 is 2.62 bits per heavy atom. The Labute approximate surface area is 225 Å². The number of nitro benzene ring substituents is 1. The van der Waals surface area contributed by atoms with E-state index in [1.165, 1.54) is 23.1 Å². The third-order valence-corrected chi connectivity index (χ3v) is 7.44. The molecule has 0 saturated heterocycles. The molecule has 0 aliphatic carbocycles. The number of aliphatic hydroxyl groups is 2. The first-order valence-corrected chi connectivity index (χ1v) is 12.9. The van der Waals surface area contributed by atoms with E-state index in [4.69, 9.17) is 5.11 Å². The summed E-state index contributed by atoms with van der Waals surface area (Å²) in [7, 11) is 0. The van der Waals surface area contributed by atoms with Crippen LogP contribution in [0.4, 0.5) is 22.7 Å². The highest BCUT2D eigenvalue weighted by atomic mass is 16.6. The summed E-state index contributed by atoms with van der Waals surface area (Å²) < 4.78 is 0. The van der Waals surface area contributed by atoms with Gasteiger partial charge in [-0.3, -0.25) is 24.6 Å². The first-order valence-electron chi connectivity index (χ1n) is 12.9. The standard InChI is InChI=1S/C30H29N3O6/c1-20(7-4-5-16-34)30(37)25-18-24(33(38)39)13-14-27(25)31(29(30)36)19-21-8-6-10-23(17-21)32-26-11-3-2-9-22(26)12-15-28(32)35/h2-4,6-11,13-14,17-18,20,34,37H,5,12,15-16,19H2,1H3/b7-4+/t20-,30+/m1/s1. The fraction of sp³-hybridized carbons (Fsp3) is 0.267. The minimum absolute atomic E-state index is 0.0152. The number of benzene rings is 3. The fourth-order valence-electron chi connectivity index (χ4n) is 5.41. The number of nitrogens with zero attached hydrogens (tertiary/aromatic N) is 3. The highest BCUT2D eigenvalue weighted by molar-refractivity contribution is 6.07. The van der Waals surface area contributed by atoms with Crippen molar-refractivity contribution in [1.82, 2.24) is 0 Å². The molecule has 2 amide bonds. The number of aliphatic hydroxyl groups excluding tert-OH is 1. The van der Waals surface area contributed by atoms with Crippen molar-refractivity contribution in [3.05, 3.63) is 106 Å². The molecule has 2 atom stereocenters. The van der Waals surface area contributed by atoms with Crippen molar-refractivity contribution in [2.24, 2.45) is 5.92 Å². The van der Waals surface area contributed by atoms with Gasteiger partial charge in [0.1, 0.15) is 0 Å². The van der Waals surface area contributed by atoms with Crippen LogP contribution in [-0.2, 0) is 28.2 Å². The van der Waals surface area contributed by atoms with Crippen molar-refractivity contribution in [2.75, 3.05) is 16.4 Å². The van der Waals surface area contributed by atoms with E-state index in [-0.39, 0.29) is 30.3 Å². The van der Waals surface area contributed by atoms with Gasteiger partial charge in [-0.1, -0.05) is 49.4 Å². The fourth-order valence-corrected chi connectivity index (χ4v) is 5.41. The van der Waals surface area contributed by atoms with Crippen LogP contribution < -0.4 is 9.80 Å². The summed E-state index contributed by atoms with van der Waals surface area (Å²) >= 11 is 0. The smallest absolute Gasteiger partial charge is 0.269 e. The maximum Gasteiger partial charge on any atom is 0.269 e. The van der Waals surface area contributed by atoms with Crippen LogP contribution in [-0.4, -0.2) is 33.6 Å². The van der Waals surface area contributed by atoms with E-state index in [9.17, 15) is 24.8 Å². The molecule has 200 valence electrons. The summed E-state index contributed by atoms with van der Waals surface area (Å²) in [5.41, 5.74) is 1.63. The molecule has 9 heteroatoms. The van der Waals surface area contributed by atoms with Crippen LogP contribution in [0.15, 0.2) is 78.9 Å². The minimum Gasteiger partial charge on any atom is -0.396 e. The average molecular weight is 528 g/mol. The first kappa shape index (κ1) is 26.3. The number of hydrogen-bond donors (Lipinski definition) is 2. The van der Waals surface area contributed by atoms with Crippen molar-refractivity contribution < 1.29 is 24.7 Å². The van der Waals surface area contributed by atoms with E-state index in [0.29, 0.717) is 30.6 Å². The lowest BCUT2D eigenvalue weighted by atomic mass is 9.82. The van der Waals surface area contributed by atoms with Gasteiger partial charge in [-0.25, -0.2) is 0 Å². The number of aryl methyl sites for hydroxylation is 1. The van der Waals surface area contributed by atoms with Crippen molar-refractivity contribution in [2.45, 2.75) is 38.3 Å². The predicted octanol–water partition coefficient (Wildman–Crippen LogP) is 4.51. The molecule has 39 heavy (non-hydrogen) atoms. The highest BCUT2D eigenvalue weighted by Crippen LogP contribution is 2.47. The summed E-state index contributed by atoms with van der Waals surface area (Å²) in [6.45, 7) is 1.68. The van der Waals surface area contributed by atoms with Gasteiger partial charge < -0.3 is 15.1 Å². The lowest BCUT2D eigenvalue weighted by molar-refractivity contribution is -0.385. The number of rotatable bonds is 8. The van der Waals surface area contributed by atoms with Gasteiger partial charge in [0, 0.05) is 42.3 Å². The predicted molar refractivity (Wildman–Crippen MR) is 147 cm³/mol. The SMILES string of the molecule is C[C@H](/C=C/CCO)[C@@]1(O)C(=O)N(Cc2cccc(N3C(=O)CCc4ccccc43)c2)c2ccc([N+](=O)[O-])cc21. The second-order valence-corrected chi connectivity index (χ2v) is 9.87.